The van der Waals surface area contributed by atoms with Crippen LogP contribution in [0.4, 0.5) is 24.5 Å². The van der Waals surface area contributed by atoms with Crippen molar-refractivity contribution in [3.8, 4) is 11.5 Å². The number of nitro groups is 1. The third-order valence-corrected chi connectivity index (χ3v) is 3.43. The predicted octanol–water partition coefficient (Wildman–Crippen LogP) is 3.39. The molecule has 3 rings (SSSR count). The number of amides is 1. The largest absolute Gasteiger partial charge is 0.454 e. The number of hydrogen-bond acceptors (Lipinski definition) is 5. The fourth-order valence-electron chi connectivity index (χ4n) is 2.20. The lowest BCUT2D eigenvalue weighted by Gasteiger charge is -2.05. The van der Waals surface area contributed by atoms with E-state index in [0.717, 1.165) is 24.3 Å². The van der Waals surface area contributed by atoms with Crippen LogP contribution in [0.1, 0.15) is 5.56 Å². The van der Waals surface area contributed by atoms with Crippen LogP contribution in [0.2, 0.25) is 0 Å². The Morgan fingerprint density at radius 3 is 2.54 bits per heavy atom. The van der Waals surface area contributed by atoms with Crippen LogP contribution in [-0.2, 0) is 4.79 Å². The van der Waals surface area contributed by atoms with Gasteiger partial charge in [-0.2, -0.15) is 0 Å². The minimum absolute atomic E-state index is 0.0418. The summed E-state index contributed by atoms with van der Waals surface area (Å²) >= 11 is 0. The molecule has 7 nitrogen and oxygen atoms in total. The first kappa shape index (κ1) is 17.3. The molecule has 1 aliphatic heterocycles. The van der Waals surface area contributed by atoms with Gasteiger partial charge in [0.25, 0.3) is 5.69 Å². The Hall–Kier alpha value is -3.56. The Balaban J connectivity index is 1.83. The van der Waals surface area contributed by atoms with E-state index in [1.54, 1.807) is 0 Å². The number of nitrogens with zero attached hydrogens (tertiary/aromatic N) is 1. The average Bonchev–Trinajstić information content (AvgIpc) is 3.07. The zero-order valence-corrected chi connectivity index (χ0v) is 12.8. The highest BCUT2D eigenvalue weighted by molar-refractivity contribution is 6.02. The van der Waals surface area contributed by atoms with Crippen molar-refractivity contribution in [3.63, 3.8) is 0 Å². The van der Waals surface area contributed by atoms with Gasteiger partial charge in [0.15, 0.2) is 29.0 Å². The molecule has 134 valence electrons. The van der Waals surface area contributed by atoms with Gasteiger partial charge in [0.05, 0.1) is 22.2 Å². The van der Waals surface area contributed by atoms with Crippen LogP contribution in [0.5, 0.6) is 11.5 Å². The zero-order valence-electron chi connectivity index (χ0n) is 12.8. The summed E-state index contributed by atoms with van der Waals surface area (Å²) in [6, 6.07) is 3.96. The van der Waals surface area contributed by atoms with E-state index in [4.69, 9.17) is 9.47 Å². The number of fused-ring (bicyclic) bond motifs is 1. The van der Waals surface area contributed by atoms with Crippen LogP contribution in [0.3, 0.4) is 0 Å². The van der Waals surface area contributed by atoms with Crippen molar-refractivity contribution in [1.29, 1.82) is 0 Å². The molecule has 0 bridgehead atoms. The molecule has 1 N–H and O–H groups in total. The molecule has 2 aromatic carbocycles. The predicted molar refractivity (Wildman–Crippen MR) is 83.2 cm³/mol. The Morgan fingerprint density at radius 2 is 1.85 bits per heavy atom. The van der Waals surface area contributed by atoms with E-state index in [2.05, 4.69) is 0 Å². The Bertz CT molecular complexity index is 946. The van der Waals surface area contributed by atoms with E-state index in [0.29, 0.717) is 6.07 Å². The number of anilines is 1. The molecule has 26 heavy (non-hydrogen) atoms. The first-order chi connectivity index (χ1) is 12.4. The van der Waals surface area contributed by atoms with E-state index in [9.17, 15) is 28.1 Å². The minimum Gasteiger partial charge on any atom is -0.454 e. The van der Waals surface area contributed by atoms with Crippen molar-refractivity contribution < 1.29 is 32.4 Å². The fourth-order valence-corrected chi connectivity index (χ4v) is 2.20. The van der Waals surface area contributed by atoms with E-state index >= 15 is 0 Å². The quantitative estimate of drug-likeness (QED) is 0.388. The smallest absolute Gasteiger partial charge is 0.280 e. The normalized spacial score (nSPS) is 12.4. The molecule has 1 amide bonds. The molecule has 0 unspecified atom stereocenters. The standard InChI is InChI=1S/C16H9F3N2O5/c17-9-2-3-10(16(19)15(9)18)20-14(22)4-1-8-5-12-13(26-7-25-12)6-11(8)21(23)24/h1-6H,7H2,(H,20,22). The van der Waals surface area contributed by atoms with Crippen molar-refractivity contribution in [1.82, 2.24) is 0 Å². The van der Waals surface area contributed by atoms with Crippen molar-refractivity contribution in [2.45, 2.75) is 0 Å². The van der Waals surface area contributed by atoms with Crippen molar-refractivity contribution in [2.24, 2.45) is 0 Å². The number of hydrogen-bond donors (Lipinski definition) is 1. The van der Waals surface area contributed by atoms with E-state index in [-0.39, 0.29) is 29.5 Å². The third-order valence-electron chi connectivity index (χ3n) is 3.43. The number of rotatable bonds is 4. The molecule has 0 spiro atoms. The van der Waals surface area contributed by atoms with E-state index in [1.807, 2.05) is 5.32 Å². The van der Waals surface area contributed by atoms with Gasteiger partial charge in [0.2, 0.25) is 12.7 Å². The molecule has 1 heterocycles. The van der Waals surface area contributed by atoms with Crippen LogP contribution in [-0.4, -0.2) is 17.6 Å². The molecule has 0 aliphatic carbocycles. The molecule has 2 aromatic rings. The van der Waals surface area contributed by atoms with E-state index < -0.39 is 34.0 Å². The maximum absolute atomic E-state index is 13.5. The number of nitrogens with one attached hydrogen (secondary N) is 1. The summed E-state index contributed by atoms with van der Waals surface area (Å²) in [6.07, 6.45) is 1.98. The second-order valence-corrected chi connectivity index (χ2v) is 5.07. The SMILES string of the molecule is O=C(C=Cc1cc2c(cc1[N+](=O)[O-])OCO2)Nc1ccc(F)c(F)c1F. The summed E-state index contributed by atoms with van der Waals surface area (Å²) < 4.78 is 49.7. The average molecular weight is 366 g/mol. The zero-order chi connectivity index (χ0) is 18.8. The number of ether oxygens (including phenoxy) is 2. The van der Waals surface area contributed by atoms with Crippen LogP contribution in [0, 0.1) is 27.6 Å². The van der Waals surface area contributed by atoms with Crippen molar-refractivity contribution >= 4 is 23.4 Å². The number of halogens is 3. The molecule has 0 fully saturated rings. The molecule has 0 aromatic heterocycles. The van der Waals surface area contributed by atoms with Gasteiger partial charge in [-0.1, -0.05) is 0 Å². The van der Waals surface area contributed by atoms with Gasteiger partial charge in [-0.25, -0.2) is 13.2 Å². The number of nitro benzene ring substituents is 1. The minimum atomic E-state index is -1.72. The Labute approximate surface area is 143 Å². The van der Waals surface area contributed by atoms with Crippen LogP contribution < -0.4 is 14.8 Å². The van der Waals surface area contributed by atoms with Gasteiger partial charge in [-0.3, -0.25) is 14.9 Å². The van der Waals surface area contributed by atoms with Gasteiger partial charge in [0.1, 0.15) is 0 Å². The van der Waals surface area contributed by atoms with Crippen LogP contribution in [0.25, 0.3) is 6.08 Å². The monoisotopic (exact) mass is 366 g/mol. The third kappa shape index (κ3) is 3.29. The fraction of sp³-hybridized carbons (Fsp3) is 0.0625. The summed E-state index contributed by atoms with van der Waals surface area (Å²) in [7, 11) is 0. The summed E-state index contributed by atoms with van der Waals surface area (Å²) in [5.41, 5.74) is -0.865. The van der Waals surface area contributed by atoms with Crippen molar-refractivity contribution in [2.75, 3.05) is 12.1 Å². The van der Waals surface area contributed by atoms with Gasteiger partial charge >= 0.3 is 0 Å². The molecular formula is C16H9F3N2O5. The summed E-state index contributed by atoms with van der Waals surface area (Å²) in [5.74, 6) is -5.11. The Morgan fingerprint density at radius 1 is 1.15 bits per heavy atom. The molecule has 0 saturated carbocycles. The molecule has 0 saturated heterocycles. The first-order valence-corrected chi connectivity index (χ1v) is 7.07. The first-order valence-electron chi connectivity index (χ1n) is 7.07. The lowest BCUT2D eigenvalue weighted by atomic mass is 10.1. The van der Waals surface area contributed by atoms with Gasteiger partial charge in [-0.15, -0.1) is 0 Å². The van der Waals surface area contributed by atoms with E-state index in [1.165, 1.54) is 6.07 Å². The second-order valence-electron chi connectivity index (χ2n) is 5.07. The maximum atomic E-state index is 13.5. The maximum Gasteiger partial charge on any atom is 0.280 e. The molecule has 0 radical (unpaired) electrons. The Kier molecular flexibility index (Phi) is 4.48. The highest BCUT2D eigenvalue weighted by Crippen LogP contribution is 2.38. The topological polar surface area (TPSA) is 90.7 Å². The summed E-state index contributed by atoms with van der Waals surface area (Å²) in [4.78, 5) is 22.3. The second kappa shape index (κ2) is 6.75. The summed E-state index contributed by atoms with van der Waals surface area (Å²) in [6.45, 7) is -0.0877. The van der Waals surface area contributed by atoms with Gasteiger partial charge < -0.3 is 14.8 Å². The highest BCUT2D eigenvalue weighted by atomic mass is 19.2. The highest BCUT2D eigenvalue weighted by Gasteiger charge is 2.22. The van der Waals surface area contributed by atoms with Gasteiger partial charge in [-0.05, 0) is 24.3 Å². The lowest BCUT2D eigenvalue weighted by Crippen LogP contribution is -2.10. The molecule has 1 aliphatic rings. The number of carbonyl (C=O) groups is 1. The van der Waals surface area contributed by atoms with Crippen LogP contribution in [0.15, 0.2) is 30.3 Å². The van der Waals surface area contributed by atoms with Crippen LogP contribution >= 0.6 is 0 Å². The molecule has 10 heteroatoms. The number of benzene rings is 2. The van der Waals surface area contributed by atoms with Crippen molar-refractivity contribution in [3.05, 3.63) is 63.5 Å². The lowest BCUT2D eigenvalue weighted by molar-refractivity contribution is -0.385. The van der Waals surface area contributed by atoms with Gasteiger partial charge in [0, 0.05) is 6.08 Å². The molecular weight excluding hydrogens is 357 g/mol. The summed E-state index contributed by atoms with van der Waals surface area (Å²) in [5, 5.41) is 13.1. The molecule has 0 atom stereocenters. The number of carbonyl (C=O) groups excluding carboxylic acids is 1.